The van der Waals surface area contributed by atoms with E-state index in [2.05, 4.69) is 26.1 Å². The minimum atomic E-state index is -0.314. The third kappa shape index (κ3) is 3.67. The lowest BCUT2D eigenvalue weighted by Crippen LogP contribution is -2.49. The van der Waals surface area contributed by atoms with Crippen LogP contribution in [-0.4, -0.2) is 61.0 Å². The molecule has 2 aliphatic rings. The molecule has 1 atom stereocenters. The Hall–Kier alpha value is -0.980. The van der Waals surface area contributed by atoms with Gasteiger partial charge in [-0.3, -0.25) is 9.69 Å². The van der Waals surface area contributed by atoms with Gasteiger partial charge in [0.15, 0.2) is 0 Å². The molecule has 0 radical (unpaired) electrons. The molecule has 3 rings (SSSR count). The van der Waals surface area contributed by atoms with E-state index < -0.39 is 0 Å². The van der Waals surface area contributed by atoms with Gasteiger partial charge in [0.2, 0.25) is 5.91 Å². The zero-order chi connectivity index (χ0) is 15.5. The molecule has 1 amide bonds. The molecule has 1 N–H and O–H groups in total. The van der Waals surface area contributed by atoms with Crippen LogP contribution in [0.1, 0.15) is 12.0 Å². The quantitative estimate of drug-likeness (QED) is 0.879. The predicted molar refractivity (Wildman–Crippen MR) is 87.2 cm³/mol. The van der Waals surface area contributed by atoms with Crippen LogP contribution in [0.5, 0.6) is 0 Å². The third-order valence-electron chi connectivity index (χ3n) is 4.52. The Kier molecular flexibility index (Phi) is 5.10. The number of nitrogens with zero attached hydrogens (tertiary/aromatic N) is 2. The number of halogens is 2. The Labute approximate surface area is 138 Å². The van der Waals surface area contributed by atoms with Gasteiger partial charge in [0.1, 0.15) is 5.82 Å². The van der Waals surface area contributed by atoms with Crippen molar-refractivity contribution in [2.24, 2.45) is 0 Å². The zero-order valence-corrected chi connectivity index (χ0v) is 14.1. The highest BCUT2D eigenvalue weighted by Gasteiger charge is 2.30. The number of carbonyl (C=O) groups excluding carboxylic acids is 1. The molecule has 0 aromatic heterocycles. The van der Waals surface area contributed by atoms with Gasteiger partial charge < -0.3 is 10.2 Å². The first kappa shape index (κ1) is 15.9. The molecule has 22 heavy (non-hydrogen) atoms. The smallest absolute Gasteiger partial charge is 0.227 e. The Morgan fingerprint density at radius 3 is 2.82 bits per heavy atom. The standard InChI is InChI=1S/C16H21BrFN3O/c17-14-2-1-12(9-15(14)18)10-16(22)21-6-3-13(11-21)20-7-4-19-5-8-20/h1-2,9,13,19H,3-8,10-11H2. The SMILES string of the molecule is O=C(Cc1ccc(Br)c(F)c1)N1CCC(N2CCNCC2)C1. The highest BCUT2D eigenvalue weighted by molar-refractivity contribution is 9.10. The number of hydrogen-bond donors (Lipinski definition) is 1. The highest BCUT2D eigenvalue weighted by atomic mass is 79.9. The van der Waals surface area contributed by atoms with Crippen LogP contribution in [-0.2, 0) is 11.2 Å². The average molecular weight is 370 g/mol. The van der Waals surface area contributed by atoms with E-state index >= 15 is 0 Å². The summed E-state index contributed by atoms with van der Waals surface area (Å²) in [7, 11) is 0. The molecule has 6 heteroatoms. The fourth-order valence-electron chi connectivity index (χ4n) is 3.25. The monoisotopic (exact) mass is 369 g/mol. The van der Waals surface area contributed by atoms with E-state index in [1.165, 1.54) is 6.07 Å². The molecule has 0 spiro atoms. The number of benzene rings is 1. The van der Waals surface area contributed by atoms with E-state index in [0.717, 1.165) is 51.3 Å². The fourth-order valence-corrected chi connectivity index (χ4v) is 3.50. The van der Waals surface area contributed by atoms with Crippen LogP contribution in [0, 0.1) is 5.82 Å². The van der Waals surface area contributed by atoms with Crippen LogP contribution >= 0.6 is 15.9 Å². The molecule has 2 heterocycles. The first-order valence-corrected chi connectivity index (χ1v) is 8.59. The van der Waals surface area contributed by atoms with Crippen molar-refractivity contribution in [3.63, 3.8) is 0 Å². The Morgan fingerprint density at radius 2 is 2.09 bits per heavy atom. The van der Waals surface area contributed by atoms with Gasteiger partial charge in [-0.25, -0.2) is 4.39 Å². The number of rotatable bonds is 3. The van der Waals surface area contributed by atoms with Gasteiger partial charge in [0.05, 0.1) is 10.9 Å². The van der Waals surface area contributed by atoms with E-state index in [0.29, 0.717) is 10.5 Å². The maximum atomic E-state index is 13.5. The predicted octanol–water partition coefficient (Wildman–Crippen LogP) is 1.64. The third-order valence-corrected chi connectivity index (χ3v) is 5.17. The summed E-state index contributed by atoms with van der Waals surface area (Å²) in [5, 5.41) is 3.35. The Balaban J connectivity index is 1.55. The van der Waals surface area contributed by atoms with Crippen molar-refractivity contribution in [3.05, 3.63) is 34.1 Å². The largest absolute Gasteiger partial charge is 0.341 e. The molecular weight excluding hydrogens is 349 g/mol. The number of hydrogen-bond acceptors (Lipinski definition) is 3. The van der Waals surface area contributed by atoms with Gasteiger partial charge in [-0.05, 0) is 40.0 Å². The molecule has 0 aliphatic carbocycles. The lowest BCUT2D eigenvalue weighted by atomic mass is 10.1. The summed E-state index contributed by atoms with van der Waals surface area (Å²) in [6.07, 6.45) is 1.32. The van der Waals surface area contributed by atoms with Crippen molar-refractivity contribution in [2.75, 3.05) is 39.3 Å². The number of piperazine rings is 1. The first-order chi connectivity index (χ1) is 10.6. The fraction of sp³-hybridized carbons (Fsp3) is 0.562. The minimum absolute atomic E-state index is 0.0966. The zero-order valence-electron chi connectivity index (χ0n) is 12.5. The number of amides is 1. The molecule has 4 nitrogen and oxygen atoms in total. The van der Waals surface area contributed by atoms with E-state index in [4.69, 9.17) is 0 Å². The van der Waals surface area contributed by atoms with Crippen molar-refractivity contribution in [2.45, 2.75) is 18.9 Å². The molecule has 1 aromatic rings. The molecular formula is C16H21BrFN3O. The normalized spacial score (nSPS) is 23.0. The van der Waals surface area contributed by atoms with E-state index in [1.807, 2.05) is 4.90 Å². The lowest BCUT2D eigenvalue weighted by Gasteiger charge is -2.32. The minimum Gasteiger partial charge on any atom is -0.341 e. The molecule has 0 bridgehead atoms. The summed E-state index contributed by atoms with van der Waals surface area (Å²) in [6, 6.07) is 5.37. The second-order valence-electron chi connectivity index (χ2n) is 5.99. The van der Waals surface area contributed by atoms with Gasteiger partial charge in [-0.15, -0.1) is 0 Å². The number of nitrogens with one attached hydrogen (secondary N) is 1. The van der Waals surface area contributed by atoms with E-state index in [1.54, 1.807) is 12.1 Å². The van der Waals surface area contributed by atoms with E-state index in [-0.39, 0.29) is 18.1 Å². The summed E-state index contributed by atoms with van der Waals surface area (Å²) in [6.45, 7) is 5.80. The Morgan fingerprint density at radius 1 is 1.32 bits per heavy atom. The molecule has 2 fully saturated rings. The second-order valence-corrected chi connectivity index (χ2v) is 6.85. The van der Waals surface area contributed by atoms with Crippen LogP contribution in [0.15, 0.2) is 22.7 Å². The van der Waals surface area contributed by atoms with Crippen molar-refractivity contribution in [1.29, 1.82) is 0 Å². The van der Waals surface area contributed by atoms with Crippen LogP contribution in [0.2, 0.25) is 0 Å². The maximum absolute atomic E-state index is 13.5. The van der Waals surface area contributed by atoms with Gasteiger partial charge in [-0.1, -0.05) is 6.07 Å². The van der Waals surface area contributed by atoms with E-state index in [9.17, 15) is 9.18 Å². The van der Waals surface area contributed by atoms with Crippen molar-refractivity contribution in [3.8, 4) is 0 Å². The molecule has 120 valence electrons. The summed E-state index contributed by atoms with van der Waals surface area (Å²) < 4.78 is 14.0. The van der Waals surface area contributed by atoms with Crippen molar-refractivity contribution in [1.82, 2.24) is 15.1 Å². The average Bonchev–Trinajstić information content (AvgIpc) is 3.02. The summed E-state index contributed by atoms with van der Waals surface area (Å²) in [5.74, 6) is -0.218. The molecule has 1 aromatic carbocycles. The molecule has 2 aliphatic heterocycles. The van der Waals surface area contributed by atoms with Gasteiger partial charge in [0, 0.05) is 45.3 Å². The first-order valence-electron chi connectivity index (χ1n) is 7.80. The van der Waals surface area contributed by atoms with Gasteiger partial charge >= 0.3 is 0 Å². The van der Waals surface area contributed by atoms with Crippen molar-refractivity contribution < 1.29 is 9.18 Å². The summed E-state index contributed by atoms with van der Waals surface area (Å²) >= 11 is 3.13. The van der Waals surface area contributed by atoms with Gasteiger partial charge in [0.25, 0.3) is 0 Å². The molecule has 0 saturated carbocycles. The highest BCUT2D eigenvalue weighted by Crippen LogP contribution is 2.20. The van der Waals surface area contributed by atoms with Crippen molar-refractivity contribution >= 4 is 21.8 Å². The van der Waals surface area contributed by atoms with Crippen LogP contribution < -0.4 is 5.32 Å². The van der Waals surface area contributed by atoms with Crippen LogP contribution in [0.4, 0.5) is 4.39 Å². The lowest BCUT2D eigenvalue weighted by molar-refractivity contribution is -0.129. The van der Waals surface area contributed by atoms with Crippen LogP contribution in [0.3, 0.4) is 0 Å². The maximum Gasteiger partial charge on any atom is 0.227 e. The second kappa shape index (κ2) is 7.06. The summed E-state index contributed by atoms with van der Waals surface area (Å²) in [5.41, 5.74) is 0.733. The molecule has 1 unspecified atom stereocenters. The van der Waals surface area contributed by atoms with Crippen LogP contribution in [0.25, 0.3) is 0 Å². The topological polar surface area (TPSA) is 35.6 Å². The van der Waals surface area contributed by atoms with Gasteiger partial charge in [-0.2, -0.15) is 0 Å². The number of carbonyl (C=O) groups is 1. The summed E-state index contributed by atoms with van der Waals surface area (Å²) in [4.78, 5) is 16.8. The Bertz CT molecular complexity index is 548. The number of likely N-dealkylation sites (tertiary alicyclic amines) is 1. The molecule has 2 saturated heterocycles.